The lowest BCUT2D eigenvalue weighted by Crippen LogP contribution is -2.35. The Hall–Kier alpha value is -2.87. The zero-order valence-corrected chi connectivity index (χ0v) is 16.7. The van der Waals surface area contributed by atoms with Crippen molar-refractivity contribution in [2.24, 2.45) is 0 Å². The van der Waals surface area contributed by atoms with E-state index in [0.717, 1.165) is 23.5 Å². The first-order valence-electron chi connectivity index (χ1n) is 9.08. The number of ether oxygens (including phenoxy) is 1. The fourth-order valence-corrected chi connectivity index (χ4v) is 3.71. The predicted molar refractivity (Wildman–Crippen MR) is 106 cm³/mol. The van der Waals surface area contributed by atoms with E-state index in [-0.39, 0.29) is 5.91 Å². The molecule has 3 heterocycles. The summed E-state index contributed by atoms with van der Waals surface area (Å²) in [6.07, 6.45) is 0.218. The Morgan fingerprint density at radius 2 is 2.04 bits per heavy atom. The molecule has 3 aromatic rings. The molecule has 1 amide bonds. The Morgan fingerprint density at radius 3 is 2.75 bits per heavy atom. The lowest BCUT2D eigenvalue weighted by Gasteiger charge is -2.28. The third kappa shape index (κ3) is 3.35. The molecule has 0 fully saturated rings. The van der Waals surface area contributed by atoms with Crippen LogP contribution in [0.3, 0.4) is 0 Å². The smallest absolute Gasteiger partial charge is 0.247 e. The molecule has 0 saturated carbocycles. The number of anilines is 1. The molecule has 1 atom stereocenters. The van der Waals surface area contributed by atoms with Crippen LogP contribution in [0.1, 0.15) is 38.0 Å². The number of fused-ring (bicyclic) bond motifs is 3. The quantitative estimate of drug-likeness (QED) is 0.605. The molecular weight excluding hydrogens is 376 g/mol. The third-order valence-electron chi connectivity index (χ3n) is 4.29. The molecule has 1 unspecified atom stereocenters. The molecule has 1 aromatic carbocycles. The van der Waals surface area contributed by atoms with Crippen molar-refractivity contribution < 1.29 is 13.9 Å². The number of hydrogen-bond donors (Lipinski definition) is 0. The summed E-state index contributed by atoms with van der Waals surface area (Å²) >= 11 is 1.52. The molecule has 144 valence electrons. The normalized spacial score (nSPS) is 15.4. The monoisotopic (exact) mass is 396 g/mol. The molecule has 4 rings (SSSR count). The highest BCUT2D eigenvalue weighted by Gasteiger charge is 2.36. The van der Waals surface area contributed by atoms with Gasteiger partial charge in [-0.3, -0.25) is 9.69 Å². The van der Waals surface area contributed by atoms with Gasteiger partial charge < -0.3 is 9.15 Å². The third-order valence-corrected chi connectivity index (χ3v) is 5.33. The largest absolute Gasteiger partial charge is 0.460 e. The van der Waals surface area contributed by atoms with Gasteiger partial charge in [-0.2, -0.15) is 4.98 Å². The Kier molecular flexibility index (Phi) is 5.04. The van der Waals surface area contributed by atoms with Crippen LogP contribution in [-0.2, 0) is 4.79 Å². The van der Waals surface area contributed by atoms with E-state index in [9.17, 15) is 4.79 Å². The summed E-state index contributed by atoms with van der Waals surface area (Å²) in [7, 11) is 0. The standard InChI is InChI=1S/C20H20N4O3S/c1-4-11-28-20-21-18-17(22-23-20)14-7-5-6-8-15(14)24(13(3)25)19(27-18)16-10-9-12(2)26-16/h5-10,19H,4,11H2,1-3H3. The van der Waals surface area contributed by atoms with Gasteiger partial charge in [0.05, 0.1) is 5.69 Å². The van der Waals surface area contributed by atoms with Gasteiger partial charge in [-0.05, 0) is 31.5 Å². The number of aromatic nitrogens is 3. The average molecular weight is 396 g/mol. The lowest BCUT2D eigenvalue weighted by molar-refractivity contribution is -0.118. The fraction of sp³-hybridized carbons (Fsp3) is 0.300. The summed E-state index contributed by atoms with van der Waals surface area (Å²) in [5, 5.41) is 9.16. The number of benzene rings is 1. The molecule has 7 nitrogen and oxygen atoms in total. The maximum atomic E-state index is 12.6. The molecule has 0 saturated heterocycles. The van der Waals surface area contributed by atoms with E-state index in [1.807, 2.05) is 43.3 Å². The number of aryl methyl sites for hydroxylation is 1. The summed E-state index contributed by atoms with van der Waals surface area (Å²) in [6, 6.07) is 11.2. The zero-order valence-electron chi connectivity index (χ0n) is 15.9. The number of para-hydroxylation sites is 1. The lowest BCUT2D eigenvalue weighted by atomic mass is 10.1. The minimum atomic E-state index is -0.783. The SMILES string of the molecule is CCCSc1nnc2c(n1)OC(c1ccc(C)o1)N(C(C)=O)c1ccccc1-2. The first kappa shape index (κ1) is 18.5. The van der Waals surface area contributed by atoms with Gasteiger partial charge in [-0.15, -0.1) is 10.2 Å². The molecule has 0 aliphatic carbocycles. The number of carbonyl (C=O) groups excluding carboxylic acids is 1. The van der Waals surface area contributed by atoms with E-state index in [2.05, 4.69) is 22.1 Å². The second-order valence-corrected chi connectivity index (χ2v) is 7.48. The van der Waals surface area contributed by atoms with Crippen LogP contribution in [0, 0.1) is 6.92 Å². The minimum absolute atomic E-state index is 0.173. The van der Waals surface area contributed by atoms with E-state index < -0.39 is 6.23 Å². The summed E-state index contributed by atoms with van der Waals surface area (Å²) in [5.41, 5.74) is 1.93. The van der Waals surface area contributed by atoms with Crippen molar-refractivity contribution in [3.63, 3.8) is 0 Å². The number of rotatable bonds is 4. The van der Waals surface area contributed by atoms with Crippen molar-refractivity contribution in [2.75, 3.05) is 10.7 Å². The van der Waals surface area contributed by atoms with Crippen LogP contribution >= 0.6 is 11.8 Å². The molecule has 1 aliphatic heterocycles. The van der Waals surface area contributed by atoms with Crippen LogP contribution in [0.15, 0.2) is 46.0 Å². The maximum Gasteiger partial charge on any atom is 0.247 e. The molecule has 1 aliphatic rings. The van der Waals surface area contributed by atoms with Gasteiger partial charge in [0.1, 0.15) is 5.76 Å². The highest BCUT2D eigenvalue weighted by atomic mass is 32.2. The molecule has 28 heavy (non-hydrogen) atoms. The van der Waals surface area contributed by atoms with Crippen LogP contribution < -0.4 is 9.64 Å². The number of amides is 1. The fourth-order valence-electron chi connectivity index (χ4n) is 3.08. The number of hydrogen-bond acceptors (Lipinski definition) is 7. The zero-order chi connectivity index (χ0) is 19.7. The number of furan rings is 1. The minimum Gasteiger partial charge on any atom is -0.460 e. The summed E-state index contributed by atoms with van der Waals surface area (Å²) in [4.78, 5) is 18.7. The molecule has 2 aromatic heterocycles. The van der Waals surface area contributed by atoms with Crippen molar-refractivity contribution >= 4 is 23.4 Å². The van der Waals surface area contributed by atoms with E-state index in [4.69, 9.17) is 9.15 Å². The van der Waals surface area contributed by atoms with Gasteiger partial charge in [-0.25, -0.2) is 0 Å². The van der Waals surface area contributed by atoms with E-state index in [1.54, 1.807) is 4.90 Å². The molecule has 0 N–H and O–H groups in total. The molecular formula is C20H20N4O3S. The Bertz CT molecular complexity index is 1020. The van der Waals surface area contributed by atoms with Crippen molar-refractivity contribution in [2.45, 2.75) is 38.6 Å². The molecule has 8 heteroatoms. The van der Waals surface area contributed by atoms with Crippen LogP contribution in [0.25, 0.3) is 11.3 Å². The summed E-state index contributed by atoms with van der Waals surface area (Å²) in [6.45, 7) is 5.45. The van der Waals surface area contributed by atoms with Crippen molar-refractivity contribution in [3.05, 3.63) is 47.9 Å². The van der Waals surface area contributed by atoms with Gasteiger partial charge in [0.15, 0.2) is 11.5 Å². The van der Waals surface area contributed by atoms with Gasteiger partial charge in [0.25, 0.3) is 0 Å². The van der Waals surface area contributed by atoms with Gasteiger partial charge in [0, 0.05) is 18.2 Å². The highest BCUT2D eigenvalue weighted by Crippen LogP contribution is 2.43. The first-order chi connectivity index (χ1) is 13.6. The van der Waals surface area contributed by atoms with Crippen LogP contribution in [-0.4, -0.2) is 26.8 Å². The van der Waals surface area contributed by atoms with E-state index in [1.165, 1.54) is 18.7 Å². The molecule has 0 bridgehead atoms. The summed E-state index contributed by atoms with van der Waals surface area (Å²) in [5.74, 6) is 2.31. The Labute approximate surface area is 167 Å². The second-order valence-electron chi connectivity index (χ2n) is 6.42. The van der Waals surface area contributed by atoms with E-state index in [0.29, 0.717) is 28.2 Å². The van der Waals surface area contributed by atoms with Gasteiger partial charge in [-0.1, -0.05) is 36.9 Å². The van der Waals surface area contributed by atoms with Crippen LogP contribution in [0.5, 0.6) is 5.88 Å². The van der Waals surface area contributed by atoms with Crippen LogP contribution in [0.4, 0.5) is 5.69 Å². The van der Waals surface area contributed by atoms with Crippen molar-refractivity contribution in [3.8, 4) is 17.1 Å². The number of carbonyl (C=O) groups is 1. The van der Waals surface area contributed by atoms with Gasteiger partial charge >= 0.3 is 0 Å². The second kappa shape index (κ2) is 7.63. The van der Waals surface area contributed by atoms with Crippen molar-refractivity contribution in [1.82, 2.24) is 15.2 Å². The summed E-state index contributed by atoms with van der Waals surface area (Å²) < 4.78 is 12.0. The number of nitrogens with zero attached hydrogens (tertiary/aromatic N) is 4. The van der Waals surface area contributed by atoms with Gasteiger partial charge in [0.2, 0.25) is 23.2 Å². The van der Waals surface area contributed by atoms with Crippen LogP contribution in [0.2, 0.25) is 0 Å². The Balaban J connectivity index is 1.89. The maximum absolute atomic E-state index is 12.6. The highest BCUT2D eigenvalue weighted by molar-refractivity contribution is 7.99. The predicted octanol–water partition coefficient (Wildman–Crippen LogP) is 4.39. The molecule has 0 spiro atoms. The Morgan fingerprint density at radius 1 is 1.21 bits per heavy atom. The van der Waals surface area contributed by atoms with E-state index >= 15 is 0 Å². The average Bonchev–Trinajstić information content (AvgIpc) is 3.06. The van der Waals surface area contributed by atoms with Crippen molar-refractivity contribution in [1.29, 1.82) is 0 Å². The first-order valence-corrected chi connectivity index (χ1v) is 10.1. The topological polar surface area (TPSA) is 81.3 Å². The number of thioether (sulfide) groups is 1. The molecule has 0 radical (unpaired) electrons.